The molecule has 0 atom stereocenters. The van der Waals surface area contributed by atoms with Crippen molar-refractivity contribution in [1.82, 2.24) is 15.5 Å². The third kappa shape index (κ3) is 7.59. The summed E-state index contributed by atoms with van der Waals surface area (Å²) >= 11 is 0. The second-order valence-corrected chi connectivity index (χ2v) is 7.73. The van der Waals surface area contributed by atoms with Crippen LogP contribution in [-0.2, 0) is 4.74 Å². The van der Waals surface area contributed by atoms with E-state index in [9.17, 15) is 0 Å². The first-order chi connectivity index (χ1) is 11.7. The van der Waals surface area contributed by atoms with E-state index < -0.39 is 0 Å². The van der Waals surface area contributed by atoms with E-state index in [-0.39, 0.29) is 29.5 Å². The summed E-state index contributed by atoms with van der Waals surface area (Å²) in [6.07, 6.45) is 12.0. The molecular weight excluding hydrogens is 427 g/mol. The van der Waals surface area contributed by atoms with Crippen LogP contribution >= 0.6 is 24.0 Å². The normalized spacial score (nSPS) is 21.2. The number of aliphatic imine (C=N–C) groups is 1. The van der Waals surface area contributed by atoms with Gasteiger partial charge >= 0.3 is 0 Å². The van der Waals surface area contributed by atoms with Crippen molar-refractivity contribution in [3.8, 4) is 0 Å². The molecule has 25 heavy (non-hydrogen) atoms. The van der Waals surface area contributed by atoms with Crippen LogP contribution in [0.1, 0.15) is 57.8 Å². The molecule has 0 amide bonds. The number of unbranched alkanes of at least 4 members (excludes halogenated alkanes) is 1. The lowest BCUT2D eigenvalue weighted by Crippen LogP contribution is -2.57. The van der Waals surface area contributed by atoms with Crippen molar-refractivity contribution < 1.29 is 4.74 Å². The fourth-order valence-electron chi connectivity index (χ4n) is 4.07. The van der Waals surface area contributed by atoms with Gasteiger partial charge in [-0.05, 0) is 39.3 Å². The predicted octanol–water partition coefficient (Wildman–Crippen LogP) is 3.24. The SMILES string of the molecule is CN=C(NCCCCC1CCCC1)NCC1(N(C)C)CCOCC1.I. The number of guanidine groups is 1. The lowest BCUT2D eigenvalue weighted by molar-refractivity contribution is -0.00501. The average molecular weight is 466 g/mol. The molecular formula is C19H39IN4O. The van der Waals surface area contributed by atoms with Crippen LogP contribution < -0.4 is 10.6 Å². The number of halogens is 1. The van der Waals surface area contributed by atoms with Gasteiger partial charge in [0.25, 0.3) is 0 Å². The minimum absolute atomic E-state index is 0. The van der Waals surface area contributed by atoms with E-state index in [0.29, 0.717) is 0 Å². The molecule has 0 aromatic rings. The smallest absolute Gasteiger partial charge is 0.191 e. The second-order valence-electron chi connectivity index (χ2n) is 7.73. The molecule has 1 heterocycles. The molecule has 5 nitrogen and oxygen atoms in total. The Morgan fingerprint density at radius 1 is 1.12 bits per heavy atom. The largest absolute Gasteiger partial charge is 0.381 e. The minimum atomic E-state index is 0. The molecule has 1 aliphatic heterocycles. The molecule has 0 unspecified atom stereocenters. The number of nitrogens with zero attached hydrogens (tertiary/aromatic N) is 2. The number of hydrogen-bond acceptors (Lipinski definition) is 3. The monoisotopic (exact) mass is 466 g/mol. The van der Waals surface area contributed by atoms with Crippen LogP contribution in [0.3, 0.4) is 0 Å². The molecule has 1 saturated heterocycles. The van der Waals surface area contributed by atoms with Gasteiger partial charge in [0.2, 0.25) is 0 Å². The zero-order chi connectivity index (χ0) is 17.3. The molecule has 2 N–H and O–H groups in total. The number of nitrogens with one attached hydrogen (secondary N) is 2. The fraction of sp³-hybridized carbons (Fsp3) is 0.947. The van der Waals surface area contributed by atoms with Crippen molar-refractivity contribution in [3.63, 3.8) is 0 Å². The average Bonchev–Trinajstić information content (AvgIpc) is 3.11. The molecule has 2 rings (SSSR count). The Kier molecular flexibility index (Phi) is 11.3. The summed E-state index contributed by atoms with van der Waals surface area (Å²) in [5, 5.41) is 7.01. The lowest BCUT2D eigenvalue weighted by atomic mass is 9.88. The standard InChI is InChI=1S/C19H38N4O.HI/c1-20-18(21-13-7-6-10-17-8-4-5-9-17)22-16-19(23(2)3)11-14-24-15-12-19;/h17H,4-16H2,1-3H3,(H2,20,21,22);1H. The van der Waals surface area contributed by atoms with E-state index in [1.165, 1.54) is 44.9 Å². The number of hydrogen-bond donors (Lipinski definition) is 2. The van der Waals surface area contributed by atoms with Crippen LogP contribution in [0.5, 0.6) is 0 Å². The highest BCUT2D eigenvalue weighted by Gasteiger charge is 2.34. The molecule has 0 radical (unpaired) electrons. The first-order valence-electron chi connectivity index (χ1n) is 9.86. The number of ether oxygens (including phenoxy) is 1. The van der Waals surface area contributed by atoms with Crippen LogP contribution in [0.2, 0.25) is 0 Å². The van der Waals surface area contributed by atoms with Crippen molar-refractivity contribution in [2.45, 2.75) is 63.3 Å². The molecule has 0 aromatic carbocycles. The van der Waals surface area contributed by atoms with E-state index in [0.717, 1.165) is 51.0 Å². The summed E-state index contributed by atoms with van der Waals surface area (Å²) in [6, 6.07) is 0. The lowest BCUT2D eigenvalue weighted by Gasteiger charge is -2.43. The van der Waals surface area contributed by atoms with Crippen molar-refractivity contribution in [3.05, 3.63) is 0 Å². The Morgan fingerprint density at radius 3 is 2.40 bits per heavy atom. The minimum Gasteiger partial charge on any atom is -0.381 e. The van der Waals surface area contributed by atoms with Gasteiger partial charge in [-0.25, -0.2) is 0 Å². The summed E-state index contributed by atoms with van der Waals surface area (Å²) in [6.45, 7) is 3.65. The van der Waals surface area contributed by atoms with Gasteiger partial charge in [-0.15, -0.1) is 24.0 Å². The van der Waals surface area contributed by atoms with Gasteiger partial charge < -0.3 is 20.3 Å². The van der Waals surface area contributed by atoms with Gasteiger partial charge in [-0.1, -0.05) is 38.5 Å². The van der Waals surface area contributed by atoms with Gasteiger partial charge in [0, 0.05) is 38.9 Å². The van der Waals surface area contributed by atoms with E-state index in [1.54, 1.807) is 0 Å². The van der Waals surface area contributed by atoms with E-state index in [4.69, 9.17) is 4.74 Å². The topological polar surface area (TPSA) is 48.9 Å². The highest BCUT2D eigenvalue weighted by molar-refractivity contribution is 14.0. The first-order valence-corrected chi connectivity index (χ1v) is 9.86. The third-order valence-corrected chi connectivity index (χ3v) is 5.99. The van der Waals surface area contributed by atoms with E-state index in [2.05, 4.69) is 34.6 Å². The molecule has 0 spiro atoms. The Labute approximate surface area is 171 Å². The number of rotatable bonds is 8. The van der Waals surface area contributed by atoms with Crippen molar-refractivity contribution in [2.24, 2.45) is 10.9 Å². The van der Waals surface area contributed by atoms with Crippen molar-refractivity contribution >= 4 is 29.9 Å². The zero-order valence-electron chi connectivity index (χ0n) is 16.5. The summed E-state index contributed by atoms with van der Waals surface area (Å²) < 4.78 is 5.54. The van der Waals surface area contributed by atoms with Gasteiger partial charge in [0.05, 0.1) is 0 Å². The first kappa shape index (κ1) is 23.0. The van der Waals surface area contributed by atoms with E-state index >= 15 is 0 Å². The molecule has 6 heteroatoms. The van der Waals surface area contributed by atoms with Crippen molar-refractivity contribution in [2.75, 3.05) is 47.4 Å². The van der Waals surface area contributed by atoms with Gasteiger partial charge in [-0.3, -0.25) is 4.99 Å². The third-order valence-electron chi connectivity index (χ3n) is 5.99. The summed E-state index contributed by atoms with van der Waals surface area (Å²) in [5.74, 6) is 1.94. The maximum absolute atomic E-state index is 5.54. The second kappa shape index (κ2) is 12.3. The molecule has 0 aromatic heterocycles. The van der Waals surface area contributed by atoms with Gasteiger partial charge in [0.1, 0.15) is 0 Å². The Balaban J connectivity index is 0.00000312. The maximum Gasteiger partial charge on any atom is 0.191 e. The van der Waals surface area contributed by atoms with Crippen LogP contribution in [-0.4, -0.2) is 63.8 Å². The molecule has 148 valence electrons. The zero-order valence-corrected chi connectivity index (χ0v) is 18.8. The van der Waals surface area contributed by atoms with Gasteiger partial charge in [0.15, 0.2) is 5.96 Å². The Hall–Kier alpha value is -0.0800. The Bertz CT molecular complexity index is 378. The molecule has 2 fully saturated rings. The quantitative estimate of drug-likeness (QED) is 0.250. The van der Waals surface area contributed by atoms with Crippen LogP contribution in [0.25, 0.3) is 0 Å². The summed E-state index contributed by atoms with van der Waals surface area (Å²) in [5.41, 5.74) is 0.179. The van der Waals surface area contributed by atoms with Gasteiger partial charge in [-0.2, -0.15) is 0 Å². The van der Waals surface area contributed by atoms with Crippen LogP contribution in [0.15, 0.2) is 4.99 Å². The molecule has 2 aliphatic rings. The van der Waals surface area contributed by atoms with Crippen molar-refractivity contribution in [1.29, 1.82) is 0 Å². The van der Waals surface area contributed by atoms with E-state index in [1.807, 2.05) is 7.05 Å². The summed E-state index contributed by atoms with van der Waals surface area (Å²) in [4.78, 5) is 6.73. The number of likely N-dealkylation sites (N-methyl/N-ethyl adjacent to an activating group) is 1. The molecule has 1 aliphatic carbocycles. The fourth-order valence-corrected chi connectivity index (χ4v) is 4.07. The molecule has 0 bridgehead atoms. The Morgan fingerprint density at radius 2 is 1.80 bits per heavy atom. The van der Waals surface area contributed by atoms with Crippen LogP contribution in [0.4, 0.5) is 0 Å². The van der Waals surface area contributed by atoms with Crippen LogP contribution in [0, 0.1) is 5.92 Å². The molecule has 1 saturated carbocycles. The summed E-state index contributed by atoms with van der Waals surface area (Å²) in [7, 11) is 6.21. The highest BCUT2D eigenvalue weighted by atomic mass is 127. The predicted molar refractivity (Wildman–Crippen MR) is 117 cm³/mol. The highest BCUT2D eigenvalue weighted by Crippen LogP contribution is 2.28. The maximum atomic E-state index is 5.54.